The second kappa shape index (κ2) is 6.47. The van der Waals surface area contributed by atoms with E-state index in [1.165, 1.54) is 7.11 Å². The third-order valence-corrected chi connectivity index (χ3v) is 3.98. The summed E-state index contributed by atoms with van der Waals surface area (Å²) in [6, 6.07) is 9.17. The first-order valence-electron chi connectivity index (χ1n) is 8.00. The molecule has 0 amide bonds. The maximum absolute atomic E-state index is 11.7. The van der Waals surface area contributed by atoms with Crippen molar-refractivity contribution in [3.05, 3.63) is 47.8 Å². The normalized spacial score (nSPS) is 12.8. The lowest BCUT2D eigenvalue weighted by molar-refractivity contribution is -0.139. The van der Waals surface area contributed by atoms with Gasteiger partial charge in [0.1, 0.15) is 5.65 Å². The molecule has 0 fully saturated rings. The van der Waals surface area contributed by atoms with Crippen LogP contribution in [-0.4, -0.2) is 29.3 Å². The van der Waals surface area contributed by atoms with E-state index in [1.54, 1.807) is 22.6 Å². The van der Waals surface area contributed by atoms with Crippen LogP contribution < -0.4 is 9.47 Å². The highest BCUT2D eigenvalue weighted by molar-refractivity contribution is 5.74. The summed E-state index contributed by atoms with van der Waals surface area (Å²) < 4.78 is 17.2. The predicted molar refractivity (Wildman–Crippen MR) is 92.4 cm³/mol. The zero-order valence-corrected chi connectivity index (χ0v) is 14.3. The highest BCUT2D eigenvalue weighted by Gasteiger charge is 2.17. The van der Waals surface area contributed by atoms with Crippen molar-refractivity contribution in [2.45, 2.75) is 13.3 Å². The standard InChI is InChI=1S/C18H16N4O4/c1-11-5-6-22-16(7-11)19-13(9-17(23)24-2)18(22)21-20-12-3-4-14-15(8-12)26-10-25-14/h3-8H,9-10H2,1-2H3. The number of carbonyl (C=O) groups is 1. The number of esters is 1. The largest absolute Gasteiger partial charge is 0.469 e. The minimum absolute atomic E-state index is 0.0206. The summed E-state index contributed by atoms with van der Waals surface area (Å²) in [7, 11) is 1.34. The predicted octanol–water partition coefficient (Wildman–Crippen LogP) is 3.50. The molecule has 3 heterocycles. The smallest absolute Gasteiger partial charge is 0.311 e. The van der Waals surface area contributed by atoms with E-state index in [1.807, 2.05) is 25.3 Å². The van der Waals surface area contributed by atoms with Crippen LogP contribution in [-0.2, 0) is 16.0 Å². The number of aromatic nitrogens is 2. The molecule has 3 aromatic rings. The molecule has 0 saturated carbocycles. The molecule has 8 nitrogen and oxygen atoms in total. The van der Waals surface area contributed by atoms with Crippen LogP contribution in [0, 0.1) is 6.92 Å². The zero-order valence-electron chi connectivity index (χ0n) is 14.3. The summed E-state index contributed by atoms with van der Waals surface area (Å²) in [4.78, 5) is 16.2. The Kier molecular flexibility index (Phi) is 4.00. The van der Waals surface area contributed by atoms with Gasteiger partial charge in [-0.05, 0) is 36.8 Å². The molecule has 0 N–H and O–H groups in total. The van der Waals surface area contributed by atoms with E-state index in [4.69, 9.17) is 14.2 Å². The van der Waals surface area contributed by atoms with Gasteiger partial charge in [-0.1, -0.05) is 0 Å². The van der Waals surface area contributed by atoms with Crippen molar-refractivity contribution in [3.63, 3.8) is 0 Å². The number of carbonyl (C=O) groups excluding carboxylic acids is 1. The van der Waals surface area contributed by atoms with Gasteiger partial charge >= 0.3 is 5.97 Å². The fraction of sp³-hybridized carbons (Fsp3) is 0.222. The Hall–Kier alpha value is -3.42. The van der Waals surface area contributed by atoms with Gasteiger partial charge in [-0.25, -0.2) is 4.98 Å². The van der Waals surface area contributed by atoms with Crippen molar-refractivity contribution in [2.75, 3.05) is 13.9 Å². The number of hydrogen-bond acceptors (Lipinski definition) is 7. The third kappa shape index (κ3) is 2.97. The van der Waals surface area contributed by atoms with E-state index in [2.05, 4.69) is 15.2 Å². The van der Waals surface area contributed by atoms with Crippen molar-refractivity contribution >= 4 is 23.1 Å². The summed E-state index contributed by atoms with van der Waals surface area (Å²) >= 11 is 0. The zero-order chi connectivity index (χ0) is 18.1. The van der Waals surface area contributed by atoms with Crippen LogP contribution >= 0.6 is 0 Å². The topological polar surface area (TPSA) is 86.8 Å². The average molecular weight is 352 g/mol. The Morgan fingerprint density at radius 2 is 2.08 bits per heavy atom. The molecule has 0 aliphatic carbocycles. The number of imidazole rings is 1. The first-order chi connectivity index (χ1) is 12.6. The Balaban J connectivity index is 1.74. The number of rotatable bonds is 4. The summed E-state index contributed by atoms with van der Waals surface area (Å²) in [5, 5.41) is 8.60. The van der Waals surface area contributed by atoms with Crippen molar-refractivity contribution in [2.24, 2.45) is 10.2 Å². The molecule has 0 spiro atoms. The number of fused-ring (bicyclic) bond motifs is 2. The summed E-state index contributed by atoms with van der Waals surface area (Å²) in [6.07, 6.45) is 1.87. The van der Waals surface area contributed by atoms with Crippen LogP contribution in [0.1, 0.15) is 11.3 Å². The molecule has 8 heteroatoms. The number of nitrogens with zero attached hydrogens (tertiary/aromatic N) is 4. The van der Waals surface area contributed by atoms with Crippen molar-refractivity contribution in [1.29, 1.82) is 0 Å². The molecule has 26 heavy (non-hydrogen) atoms. The molecule has 0 saturated heterocycles. The number of aryl methyl sites for hydroxylation is 1. The number of benzene rings is 1. The van der Waals surface area contributed by atoms with Gasteiger partial charge in [0.05, 0.1) is 24.9 Å². The highest BCUT2D eigenvalue weighted by Crippen LogP contribution is 2.36. The maximum Gasteiger partial charge on any atom is 0.311 e. The second-order valence-corrected chi connectivity index (χ2v) is 5.80. The fourth-order valence-corrected chi connectivity index (χ4v) is 2.67. The molecular formula is C18H16N4O4. The SMILES string of the molecule is COC(=O)Cc1nc2cc(C)ccn2c1N=Nc1ccc2c(c1)OCO2. The van der Waals surface area contributed by atoms with Crippen LogP contribution in [0.3, 0.4) is 0 Å². The number of azo groups is 1. The van der Waals surface area contributed by atoms with E-state index in [-0.39, 0.29) is 19.2 Å². The van der Waals surface area contributed by atoms with Gasteiger partial charge in [0, 0.05) is 12.3 Å². The van der Waals surface area contributed by atoms with Crippen LogP contribution in [0.4, 0.5) is 11.5 Å². The lowest BCUT2D eigenvalue weighted by Gasteiger charge is -2.00. The lowest BCUT2D eigenvalue weighted by Crippen LogP contribution is -2.04. The monoisotopic (exact) mass is 352 g/mol. The first kappa shape index (κ1) is 16.1. The van der Waals surface area contributed by atoms with Crippen molar-refractivity contribution in [3.8, 4) is 11.5 Å². The molecule has 1 aromatic carbocycles. The lowest BCUT2D eigenvalue weighted by atomic mass is 10.3. The Bertz CT molecular complexity index is 1030. The van der Waals surface area contributed by atoms with Gasteiger partial charge in [0.2, 0.25) is 6.79 Å². The quantitative estimate of drug-likeness (QED) is 0.530. The van der Waals surface area contributed by atoms with E-state index >= 15 is 0 Å². The summed E-state index contributed by atoms with van der Waals surface area (Å²) in [5.41, 5.74) is 2.88. The number of pyridine rings is 1. The van der Waals surface area contributed by atoms with Crippen LogP contribution in [0.2, 0.25) is 0 Å². The van der Waals surface area contributed by atoms with Gasteiger partial charge in [0.25, 0.3) is 0 Å². The summed E-state index contributed by atoms with van der Waals surface area (Å²) in [6.45, 7) is 2.17. The Morgan fingerprint density at radius 1 is 1.23 bits per heavy atom. The van der Waals surface area contributed by atoms with Gasteiger partial charge in [-0.2, -0.15) is 0 Å². The molecule has 2 aromatic heterocycles. The first-order valence-corrected chi connectivity index (χ1v) is 8.00. The molecule has 0 radical (unpaired) electrons. The number of hydrogen-bond donors (Lipinski definition) is 0. The minimum Gasteiger partial charge on any atom is -0.469 e. The Labute approximate surface area is 149 Å². The minimum atomic E-state index is -0.385. The third-order valence-electron chi connectivity index (χ3n) is 3.98. The average Bonchev–Trinajstić information content (AvgIpc) is 3.23. The van der Waals surface area contributed by atoms with Gasteiger partial charge in [-0.15, -0.1) is 10.2 Å². The second-order valence-electron chi connectivity index (χ2n) is 5.80. The van der Waals surface area contributed by atoms with Crippen molar-refractivity contribution in [1.82, 2.24) is 9.38 Å². The van der Waals surface area contributed by atoms with E-state index in [0.29, 0.717) is 34.3 Å². The van der Waals surface area contributed by atoms with E-state index < -0.39 is 0 Å². The van der Waals surface area contributed by atoms with Crippen molar-refractivity contribution < 1.29 is 19.0 Å². The van der Waals surface area contributed by atoms with Gasteiger partial charge in [-0.3, -0.25) is 9.20 Å². The van der Waals surface area contributed by atoms with E-state index in [0.717, 1.165) is 5.56 Å². The van der Waals surface area contributed by atoms with Gasteiger partial charge in [0.15, 0.2) is 17.3 Å². The molecule has 0 atom stereocenters. The molecule has 1 aliphatic rings. The fourth-order valence-electron chi connectivity index (χ4n) is 2.67. The molecule has 0 unspecified atom stereocenters. The number of methoxy groups -OCH3 is 1. The van der Waals surface area contributed by atoms with Crippen LogP contribution in [0.5, 0.6) is 11.5 Å². The molecule has 4 rings (SSSR count). The highest BCUT2D eigenvalue weighted by atomic mass is 16.7. The Morgan fingerprint density at radius 3 is 2.92 bits per heavy atom. The van der Waals surface area contributed by atoms with E-state index in [9.17, 15) is 4.79 Å². The molecule has 1 aliphatic heterocycles. The molecule has 0 bridgehead atoms. The van der Waals surface area contributed by atoms with Gasteiger partial charge < -0.3 is 14.2 Å². The van der Waals surface area contributed by atoms with Crippen LogP contribution in [0.25, 0.3) is 5.65 Å². The molecular weight excluding hydrogens is 336 g/mol. The van der Waals surface area contributed by atoms with Crippen LogP contribution in [0.15, 0.2) is 46.8 Å². The summed E-state index contributed by atoms with van der Waals surface area (Å²) in [5.74, 6) is 1.42. The molecule has 132 valence electrons. The maximum atomic E-state index is 11.7. The number of ether oxygens (including phenoxy) is 3.